The number of hydrogen-bond donors (Lipinski definition) is 0. The van der Waals surface area contributed by atoms with Crippen molar-refractivity contribution < 1.29 is 14.3 Å². The maximum atomic E-state index is 14.5. The molecule has 2 fully saturated rings. The first-order chi connectivity index (χ1) is 24.3. The molecule has 0 N–H and O–H groups in total. The highest BCUT2D eigenvalue weighted by atomic mass is 16.6. The number of benzene rings is 3. The van der Waals surface area contributed by atoms with Crippen molar-refractivity contribution in [1.82, 2.24) is 29.3 Å². The molecular weight excluding hydrogens is 632 g/mol. The molecule has 256 valence electrons. The lowest BCUT2D eigenvalue weighted by Gasteiger charge is -2.40. The van der Waals surface area contributed by atoms with Crippen molar-refractivity contribution >= 4 is 33.7 Å². The Kier molecular flexibility index (Phi) is 9.32. The van der Waals surface area contributed by atoms with Gasteiger partial charge in [0.15, 0.2) is 11.3 Å². The summed E-state index contributed by atoms with van der Waals surface area (Å²) in [6, 6.07) is 23.5. The van der Waals surface area contributed by atoms with E-state index in [4.69, 9.17) is 19.4 Å². The zero-order valence-corrected chi connectivity index (χ0v) is 28.6. The standard InChI is InChI=1S/C38H40N8O4/c1-25-10-7-13-28-14-8-16-31(32(25)28)46-26(2)40-33-34(36(46)47)41-37(49-24-30-15-9-19-43(30)3)42-35(33)44-20-21-45(29(22-44)17-18-39)38(48)50-23-27-11-5-4-6-12-27/h4-8,10-14,16,29-30H,9,15,17,19-24H2,1-3H3/t29-,30-/m0/s1. The highest BCUT2D eigenvalue weighted by Crippen LogP contribution is 2.30. The Bertz CT molecular complexity index is 2140. The quantitative estimate of drug-likeness (QED) is 0.218. The van der Waals surface area contributed by atoms with Crippen LogP contribution in [0.1, 0.15) is 36.2 Å². The predicted octanol–water partition coefficient (Wildman–Crippen LogP) is 5.16. The van der Waals surface area contributed by atoms with Gasteiger partial charge in [-0.15, -0.1) is 0 Å². The van der Waals surface area contributed by atoms with Gasteiger partial charge in [0.25, 0.3) is 5.56 Å². The first-order valence-electron chi connectivity index (χ1n) is 17.0. The lowest BCUT2D eigenvalue weighted by molar-refractivity contribution is 0.0768. The molecule has 7 rings (SSSR count). The Morgan fingerprint density at radius 2 is 1.74 bits per heavy atom. The number of likely N-dealkylation sites (N-methyl/N-ethyl adjacent to an activating group) is 1. The van der Waals surface area contributed by atoms with Gasteiger partial charge in [-0.3, -0.25) is 9.36 Å². The van der Waals surface area contributed by atoms with Crippen LogP contribution in [0.2, 0.25) is 0 Å². The van der Waals surface area contributed by atoms with Gasteiger partial charge in [-0.05, 0) is 62.9 Å². The summed E-state index contributed by atoms with van der Waals surface area (Å²) in [6.45, 7) is 6.31. The SMILES string of the molecule is Cc1cccc2cccc(-n3c(C)nc4c(N5CCN(C(=O)OCc6ccccc6)[C@@H](CC#N)C5)nc(OC[C@@H]5CCCN5C)nc4c3=O)c12. The number of piperazine rings is 1. The minimum Gasteiger partial charge on any atom is -0.462 e. The number of aryl methyl sites for hydroxylation is 2. The van der Waals surface area contributed by atoms with Gasteiger partial charge in [-0.25, -0.2) is 9.78 Å². The van der Waals surface area contributed by atoms with Crippen molar-refractivity contribution in [3.8, 4) is 17.8 Å². The molecule has 3 aromatic carbocycles. The summed E-state index contributed by atoms with van der Waals surface area (Å²) in [6.07, 6.45) is 1.71. The van der Waals surface area contributed by atoms with E-state index in [1.165, 1.54) is 0 Å². The molecule has 0 spiro atoms. The van der Waals surface area contributed by atoms with Crippen LogP contribution in [0.3, 0.4) is 0 Å². The highest BCUT2D eigenvalue weighted by molar-refractivity contribution is 5.94. The number of nitrogens with zero attached hydrogens (tertiary/aromatic N) is 8. The van der Waals surface area contributed by atoms with Crippen molar-refractivity contribution in [2.75, 3.05) is 44.7 Å². The molecular formula is C38H40N8O4. The molecule has 0 bridgehead atoms. The second kappa shape index (κ2) is 14.1. The normalized spacial score (nSPS) is 18.0. The number of carbonyl (C=O) groups is 1. The molecule has 50 heavy (non-hydrogen) atoms. The lowest BCUT2D eigenvalue weighted by atomic mass is 10.0. The van der Waals surface area contributed by atoms with Crippen LogP contribution in [0.4, 0.5) is 10.6 Å². The lowest BCUT2D eigenvalue weighted by Crippen LogP contribution is -2.55. The Balaban J connectivity index is 1.27. The number of likely N-dealkylation sites (tertiary alicyclic amines) is 1. The molecule has 2 atom stereocenters. The zero-order valence-electron chi connectivity index (χ0n) is 28.6. The van der Waals surface area contributed by atoms with Gasteiger partial charge in [0, 0.05) is 31.1 Å². The maximum absolute atomic E-state index is 14.5. The Labute approximate surface area is 290 Å². The summed E-state index contributed by atoms with van der Waals surface area (Å²) >= 11 is 0. The monoisotopic (exact) mass is 672 g/mol. The van der Waals surface area contributed by atoms with Crippen molar-refractivity contribution in [1.29, 1.82) is 5.26 Å². The van der Waals surface area contributed by atoms with E-state index in [0.29, 0.717) is 36.9 Å². The maximum Gasteiger partial charge on any atom is 0.410 e. The molecule has 12 nitrogen and oxygen atoms in total. The van der Waals surface area contributed by atoms with Crippen LogP contribution < -0.4 is 15.2 Å². The van der Waals surface area contributed by atoms with Crippen molar-refractivity contribution in [3.05, 3.63) is 94.0 Å². The summed E-state index contributed by atoms with van der Waals surface area (Å²) < 4.78 is 13.5. The van der Waals surface area contributed by atoms with Gasteiger partial charge in [-0.2, -0.15) is 15.2 Å². The van der Waals surface area contributed by atoms with Crippen LogP contribution in [-0.2, 0) is 11.3 Å². The predicted molar refractivity (Wildman–Crippen MR) is 191 cm³/mol. The first kappa shape index (κ1) is 33.0. The second-order valence-electron chi connectivity index (χ2n) is 13.1. The van der Waals surface area contributed by atoms with Gasteiger partial charge in [-0.1, -0.05) is 60.7 Å². The van der Waals surface area contributed by atoms with Crippen LogP contribution in [0.15, 0.2) is 71.5 Å². The van der Waals surface area contributed by atoms with Gasteiger partial charge in [0.1, 0.15) is 24.6 Å². The van der Waals surface area contributed by atoms with Gasteiger partial charge in [0.05, 0.1) is 24.2 Å². The molecule has 5 aromatic rings. The molecule has 2 aliphatic heterocycles. The molecule has 0 unspecified atom stereocenters. The van der Waals surface area contributed by atoms with Crippen LogP contribution in [0.5, 0.6) is 6.01 Å². The van der Waals surface area contributed by atoms with E-state index in [-0.39, 0.29) is 42.7 Å². The van der Waals surface area contributed by atoms with Crippen LogP contribution in [0.25, 0.3) is 27.5 Å². The fraction of sp³-hybridized carbons (Fsp3) is 0.368. The number of rotatable bonds is 8. The van der Waals surface area contributed by atoms with Crippen LogP contribution in [-0.4, -0.2) is 87.3 Å². The van der Waals surface area contributed by atoms with Gasteiger partial charge in [0.2, 0.25) is 0 Å². The molecule has 1 amide bonds. The molecule has 2 aliphatic rings. The van der Waals surface area contributed by atoms with Crippen molar-refractivity contribution in [2.24, 2.45) is 0 Å². The number of ether oxygens (including phenoxy) is 2. The smallest absolute Gasteiger partial charge is 0.410 e. The Hall–Kier alpha value is -5.54. The third kappa shape index (κ3) is 6.44. The van der Waals surface area contributed by atoms with Gasteiger partial charge >= 0.3 is 12.1 Å². The number of fused-ring (bicyclic) bond motifs is 2. The molecule has 0 radical (unpaired) electrons. The number of amides is 1. The van der Waals surface area contributed by atoms with E-state index in [9.17, 15) is 14.9 Å². The first-order valence-corrected chi connectivity index (χ1v) is 17.0. The summed E-state index contributed by atoms with van der Waals surface area (Å²) in [4.78, 5) is 48.1. The van der Waals surface area contributed by atoms with Crippen molar-refractivity contribution in [3.63, 3.8) is 0 Å². The summed E-state index contributed by atoms with van der Waals surface area (Å²) in [5.41, 5.74) is 2.81. The molecule has 0 saturated carbocycles. The number of hydrogen-bond acceptors (Lipinski definition) is 10. The Morgan fingerprint density at radius 1 is 0.940 bits per heavy atom. The summed E-state index contributed by atoms with van der Waals surface area (Å²) in [5, 5.41) is 11.7. The van der Waals surface area contributed by atoms with Crippen LogP contribution >= 0.6 is 0 Å². The fourth-order valence-corrected chi connectivity index (χ4v) is 7.13. The minimum absolute atomic E-state index is 0.0943. The second-order valence-corrected chi connectivity index (χ2v) is 13.1. The van der Waals surface area contributed by atoms with Gasteiger partial charge < -0.3 is 24.2 Å². The molecule has 0 aliphatic carbocycles. The number of anilines is 1. The molecule has 2 saturated heterocycles. The largest absolute Gasteiger partial charge is 0.462 e. The van der Waals surface area contributed by atoms with E-state index in [2.05, 4.69) is 23.0 Å². The van der Waals surface area contributed by atoms with E-state index in [1.807, 2.05) is 78.6 Å². The fourth-order valence-electron chi connectivity index (χ4n) is 7.13. The number of nitriles is 1. The molecule has 12 heteroatoms. The van der Waals surface area contributed by atoms with Crippen LogP contribution in [0, 0.1) is 25.2 Å². The highest BCUT2D eigenvalue weighted by Gasteiger charge is 2.34. The van der Waals surface area contributed by atoms with E-state index >= 15 is 0 Å². The average molecular weight is 673 g/mol. The molecule has 4 heterocycles. The summed E-state index contributed by atoms with van der Waals surface area (Å²) in [7, 11) is 2.07. The molecule has 2 aromatic heterocycles. The van der Waals surface area contributed by atoms with E-state index in [0.717, 1.165) is 47.0 Å². The topological polar surface area (TPSA) is 130 Å². The Morgan fingerprint density at radius 3 is 2.50 bits per heavy atom. The van der Waals surface area contributed by atoms with Crippen molar-refractivity contribution in [2.45, 2.75) is 51.8 Å². The number of aromatic nitrogens is 4. The minimum atomic E-state index is -0.478. The van der Waals surface area contributed by atoms with E-state index in [1.54, 1.807) is 16.4 Å². The third-order valence-electron chi connectivity index (χ3n) is 9.81. The zero-order chi connectivity index (χ0) is 34.8. The third-order valence-corrected chi connectivity index (χ3v) is 9.81. The average Bonchev–Trinajstić information content (AvgIpc) is 3.54. The summed E-state index contributed by atoms with van der Waals surface area (Å²) in [5.74, 6) is 0.924. The number of carbonyl (C=O) groups excluding carboxylic acids is 1. The van der Waals surface area contributed by atoms with E-state index < -0.39 is 12.1 Å².